The highest BCUT2D eigenvalue weighted by atomic mass is 35.5. The Labute approximate surface area is 208 Å². The molecule has 0 saturated heterocycles. The van der Waals surface area contributed by atoms with Gasteiger partial charge in [0.1, 0.15) is 5.70 Å². The van der Waals surface area contributed by atoms with Crippen molar-refractivity contribution in [2.75, 3.05) is 26.1 Å². The Balaban J connectivity index is 1.85. The van der Waals surface area contributed by atoms with Crippen molar-refractivity contribution in [1.82, 2.24) is 10.7 Å². The normalized spacial score (nSPS) is 11.3. The number of hydrazone groups is 1. The van der Waals surface area contributed by atoms with Crippen LogP contribution in [-0.4, -0.2) is 44.3 Å². The van der Waals surface area contributed by atoms with E-state index in [2.05, 4.69) is 15.8 Å². The van der Waals surface area contributed by atoms with E-state index in [1.807, 2.05) is 43.3 Å². The minimum absolute atomic E-state index is 0.0125. The summed E-state index contributed by atoms with van der Waals surface area (Å²) in [4.78, 5) is 27.6. The molecule has 3 aromatic rings. The fourth-order valence-corrected chi connectivity index (χ4v) is 3.26. The molecule has 180 valence electrons. The van der Waals surface area contributed by atoms with Crippen LogP contribution in [0.5, 0.6) is 11.5 Å². The van der Waals surface area contributed by atoms with E-state index in [-0.39, 0.29) is 22.8 Å². The molecule has 0 heterocycles. The Morgan fingerprint density at radius 2 is 1.74 bits per heavy atom. The van der Waals surface area contributed by atoms with E-state index in [1.54, 1.807) is 36.4 Å². The third-order valence-corrected chi connectivity index (χ3v) is 5.13. The average Bonchev–Trinajstić information content (AvgIpc) is 2.86. The molecule has 0 atom stereocenters. The van der Waals surface area contributed by atoms with Gasteiger partial charge in [0.15, 0.2) is 11.5 Å². The molecule has 0 aliphatic heterocycles. The van der Waals surface area contributed by atoms with Crippen LogP contribution in [0.1, 0.15) is 21.5 Å². The molecule has 8 nitrogen and oxygen atoms in total. The van der Waals surface area contributed by atoms with Crippen molar-refractivity contribution in [3.63, 3.8) is 0 Å². The number of nitrogens with zero attached hydrogens (tertiary/aromatic N) is 2. The highest BCUT2D eigenvalue weighted by Gasteiger charge is 2.15. The van der Waals surface area contributed by atoms with Crippen molar-refractivity contribution in [2.45, 2.75) is 0 Å². The van der Waals surface area contributed by atoms with Gasteiger partial charge in [0.05, 0.1) is 13.3 Å². The summed E-state index contributed by atoms with van der Waals surface area (Å²) in [5.41, 5.74) is 4.69. The van der Waals surface area contributed by atoms with E-state index in [4.69, 9.17) is 16.3 Å². The molecular weight excluding hydrogens is 468 g/mol. The summed E-state index contributed by atoms with van der Waals surface area (Å²) >= 11 is 6.03. The zero-order chi connectivity index (χ0) is 25.4. The lowest BCUT2D eigenvalue weighted by Crippen LogP contribution is -2.32. The fraction of sp³-hybridized carbons (Fsp3) is 0.115. The largest absolute Gasteiger partial charge is 0.504 e. The summed E-state index contributed by atoms with van der Waals surface area (Å²) in [6, 6.07) is 18.9. The fourth-order valence-electron chi connectivity index (χ4n) is 3.05. The molecular formula is C26H25ClN4O4. The molecule has 2 amide bonds. The monoisotopic (exact) mass is 492 g/mol. The van der Waals surface area contributed by atoms with Gasteiger partial charge in [-0.05, 0) is 42.0 Å². The molecule has 0 bridgehead atoms. The summed E-state index contributed by atoms with van der Waals surface area (Å²) in [5.74, 6) is -1.11. The van der Waals surface area contributed by atoms with Crippen LogP contribution in [0.15, 0.2) is 77.5 Å². The van der Waals surface area contributed by atoms with Crippen molar-refractivity contribution in [1.29, 1.82) is 0 Å². The number of ether oxygens (including phenoxy) is 1. The number of carbonyl (C=O) groups is 2. The maximum absolute atomic E-state index is 12.9. The quantitative estimate of drug-likeness (QED) is 0.250. The number of phenols is 1. The molecule has 0 unspecified atom stereocenters. The van der Waals surface area contributed by atoms with Gasteiger partial charge in [0.2, 0.25) is 0 Å². The van der Waals surface area contributed by atoms with E-state index < -0.39 is 11.8 Å². The number of hydrogen-bond donors (Lipinski definition) is 3. The highest BCUT2D eigenvalue weighted by molar-refractivity contribution is 6.31. The summed E-state index contributed by atoms with van der Waals surface area (Å²) in [6.45, 7) is 0. The van der Waals surface area contributed by atoms with Crippen LogP contribution in [0.25, 0.3) is 6.08 Å². The SMILES string of the molecule is COc1cc(Cl)cc(/C=N\NC(=O)/C(=C\c2ccc(N(C)C)cc2)NC(=O)c2ccccc2)c1O. The number of halogens is 1. The molecule has 35 heavy (non-hydrogen) atoms. The van der Waals surface area contributed by atoms with Crippen LogP contribution < -0.4 is 20.4 Å². The smallest absolute Gasteiger partial charge is 0.287 e. The number of carbonyl (C=O) groups excluding carboxylic acids is 2. The van der Waals surface area contributed by atoms with E-state index in [0.717, 1.165) is 5.69 Å². The molecule has 0 aliphatic rings. The molecule has 0 fully saturated rings. The molecule has 3 aromatic carbocycles. The van der Waals surface area contributed by atoms with Gasteiger partial charge in [0.25, 0.3) is 11.8 Å². The predicted molar refractivity (Wildman–Crippen MR) is 138 cm³/mol. The van der Waals surface area contributed by atoms with E-state index in [0.29, 0.717) is 16.1 Å². The van der Waals surface area contributed by atoms with Crippen molar-refractivity contribution >= 4 is 41.4 Å². The van der Waals surface area contributed by atoms with Crippen LogP contribution in [0.4, 0.5) is 5.69 Å². The number of hydrogen-bond acceptors (Lipinski definition) is 6. The molecule has 0 spiro atoms. The van der Waals surface area contributed by atoms with Gasteiger partial charge < -0.3 is 20.1 Å². The number of phenolic OH excluding ortho intramolecular Hbond substituents is 1. The zero-order valence-corrected chi connectivity index (χ0v) is 20.2. The average molecular weight is 493 g/mol. The van der Waals surface area contributed by atoms with Gasteiger partial charge in [-0.3, -0.25) is 9.59 Å². The Bertz CT molecular complexity index is 1260. The standard InChI is InChI=1S/C26H25ClN4O4/c1-31(2)21-11-9-17(10-12-21)13-22(29-25(33)18-7-5-4-6-8-18)26(34)30-28-16-19-14-20(27)15-23(35-3)24(19)32/h4-16,32H,1-3H3,(H,29,33)(H,30,34)/b22-13+,28-16-. The second kappa shape index (κ2) is 11.7. The van der Waals surface area contributed by atoms with Crippen molar-refractivity contribution in [3.8, 4) is 11.5 Å². The molecule has 9 heteroatoms. The van der Waals surface area contributed by atoms with Crippen LogP contribution in [-0.2, 0) is 4.79 Å². The van der Waals surface area contributed by atoms with Gasteiger partial charge in [0, 0.05) is 42.0 Å². The van der Waals surface area contributed by atoms with Crippen molar-refractivity contribution < 1.29 is 19.4 Å². The molecule has 0 aliphatic carbocycles. The summed E-state index contributed by atoms with van der Waals surface area (Å²) in [7, 11) is 5.25. The number of rotatable bonds is 8. The Kier molecular flexibility index (Phi) is 8.48. The number of amides is 2. The van der Waals surface area contributed by atoms with Crippen LogP contribution in [0.2, 0.25) is 5.02 Å². The molecule has 0 radical (unpaired) electrons. The lowest BCUT2D eigenvalue weighted by Gasteiger charge is -2.13. The van der Waals surface area contributed by atoms with Gasteiger partial charge >= 0.3 is 0 Å². The van der Waals surface area contributed by atoms with E-state index in [1.165, 1.54) is 25.5 Å². The van der Waals surface area contributed by atoms with Gasteiger partial charge in [-0.1, -0.05) is 41.9 Å². The molecule has 0 saturated carbocycles. The summed E-state index contributed by atoms with van der Waals surface area (Å²) in [6.07, 6.45) is 2.77. The van der Waals surface area contributed by atoms with Gasteiger partial charge in [-0.25, -0.2) is 5.43 Å². The van der Waals surface area contributed by atoms with E-state index in [9.17, 15) is 14.7 Å². The Morgan fingerprint density at radius 1 is 1.06 bits per heavy atom. The maximum atomic E-state index is 12.9. The topological polar surface area (TPSA) is 103 Å². The van der Waals surface area contributed by atoms with Crippen LogP contribution in [0.3, 0.4) is 0 Å². The lowest BCUT2D eigenvalue weighted by molar-refractivity contribution is -0.117. The summed E-state index contributed by atoms with van der Waals surface area (Å²) in [5, 5.41) is 17.1. The number of aromatic hydroxyl groups is 1. The number of methoxy groups -OCH3 is 1. The predicted octanol–water partition coefficient (Wildman–Crippen LogP) is 4.04. The highest BCUT2D eigenvalue weighted by Crippen LogP contribution is 2.32. The number of benzene rings is 3. The number of anilines is 1. The molecule has 3 rings (SSSR count). The first kappa shape index (κ1) is 25.3. The Morgan fingerprint density at radius 3 is 2.37 bits per heavy atom. The molecule has 3 N–H and O–H groups in total. The first-order valence-corrected chi connectivity index (χ1v) is 10.9. The van der Waals surface area contributed by atoms with Crippen LogP contribution >= 0.6 is 11.6 Å². The zero-order valence-electron chi connectivity index (χ0n) is 19.4. The second-order valence-electron chi connectivity index (χ2n) is 7.61. The minimum Gasteiger partial charge on any atom is -0.504 e. The number of nitrogens with one attached hydrogen (secondary N) is 2. The lowest BCUT2D eigenvalue weighted by atomic mass is 10.1. The minimum atomic E-state index is -0.657. The first-order valence-electron chi connectivity index (χ1n) is 10.5. The van der Waals surface area contributed by atoms with Gasteiger partial charge in [-0.2, -0.15) is 5.10 Å². The van der Waals surface area contributed by atoms with Crippen LogP contribution in [0, 0.1) is 0 Å². The third kappa shape index (κ3) is 6.84. The van der Waals surface area contributed by atoms with E-state index >= 15 is 0 Å². The van der Waals surface area contributed by atoms with Crippen molar-refractivity contribution in [3.05, 3.63) is 94.1 Å². The Hall–Kier alpha value is -4.30. The van der Waals surface area contributed by atoms with Gasteiger partial charge in [-0.15, -0.1) is 0 Å². The van der Waals surface area contributed by atoms with Crippen molar-refractivity contribution in [2.24, 2.45) is 5.10 Å². The molecule has 0 aromatic heterocycles. The first-order chi connectivity index (χ1) is 16.8. The third-order valence-electron chi connectivity index (χ3n) is 4.91. The maximum Gasteiger partial charge on any atom is 0.287 e. The second-order valence-corrected chi connectivity index (χ2v) is 8.05. The summed E-state index contributed by atoms with van der Waals surface area (Å²) < 4.78 is 5.06.